The summed E-state index contributed by atoms with van der Waals surface area (Å²) < 4.78 is 38.0. The van der Waals surface area contributed by atoms with E-state index in [2.05, 4.69) is 20.3 Å². The van der Waals surface area contributed by atoms with E-state index in [-0.39, 0.29) is 18.6 Å². The summed E-state index contributed by atoms with van der Waals surface area (Å²) in [6.07, 6.45) is 0. The first-order valence-corrected chi connectivity index (χ1v) is 11.4. The van der Waals surface area contributed by atoms with Gasteiger partial charge in [-0.3, -0.25) is 4.99 Å². The molecule has 2 aromatic carbocycles. The predicted molar refractivity (Wildman–Crippen MR) is 117 cm³/mol. The Hall–Kier alpha value is -2.78. The van der Waals surface area contributed by atoms with Gasteiger partial charge < -0.3 is 20.1 Å². The number of hydrogen-bond donors (Lipinski definition) is 3. The lowest BCUT2D eigenvalue weighted by molar-refractivity contribution is 0.174. The number of nitrogens with zero attached hydrogens (tertiary/aromatic N) is 1. The Morgan fingerprint density at radius 2 is 1.73 bits per heavy atom. The number of nitrogens with one attached hydrogen (secondary N) is 3. The van der Waals surface area contributed by atoms with Crippen LogP contribution >= 0.6 is 0 Å². The fourth-order valence-corrected chi connectivity index (χ4v) is 4.61. The maximum Gasteiger partial charge on any atom is 0.231 e. The molecule has 8 nitrogen and oxygen atoms in total. The van der Waals surface area contributed by atoms with Crippen LogP contribution < -0.4 is 24.8 Å². The van der Waals surface area contributed by atoms with Crippen LogP contribution in [0.5, 0.6) is 11.5 Å². The highest BCUT2D eigenvalue weighted by atomic mass is 32.2. The Labute approximate surface area is 177 Å². The number of aliphatic imine (C=N–C) groups is 1. The lowest BCUT2D eigenvalue weighted by Gasteiger charge is -2.15. The highest BCUT2D eigenvalue weighted by Gasteiger charge is 2.16. The molecule has 0 fully saturated rings. The Morgan fingerprint density at radius 1 is 1.03 bits per heavy atom. The number of sulfonamides is 1. The van der Waals surface area contributed by atoms with E-state index < -0.39 is 10.0 Å². The summed E-state index contributed by atoms with van der Waals surface area (Å²) in [5.41, 5.74) is 2.69. The Kier molecular flexibility index (Phi) is 7.17. The molecular weight excluding hydrogens is 404 g/mol. The van der Waals surface area contributed by atoms with Crippen molar-refractivity contribution in [3.63, 3.8) is 0 Å². The van der Waals surface area contributed by atoms with Gasteiger partial charge in [0.15, 0.2) is 17.5 Å². The third-order valence-electron chi connectivity index (χ3n) is 4.45. The standard InChI is InChI=1S/C21H28N4O4S/c1-15(2)25-30(26,27)13-18-7-5-4-6-17(18)12-24-21(22-3)23-11-16-8-9-19-20(10-16)29-14-28-19/h4-10,15,25H,11-14H2,1-3H3,(H2,22,23,24). The van der Waals surface area contributed by atoms with E-state index in [0.29, 0.717) is 19.0 Å². The molecule has 0 aromatic heterocycles. The molecule has 0 unspecified atom stereocenters. The number of rotatable bonds is 8. The Morgan fingerprint density at radius 3 is 2.47 bits per heavy atom. The van der Waals surface area contributed by atoms with Crippen LogP contribution in [-0.4, -0.2) is 34.3 Å². The van der Waals surface area contributed by atoms with Crippen LogP contribution in [0.25, 0.3) is 0 Å². The molecule has 0 aliphatic carbocycles. The zero-order valence-corrected chi connectivity index (χ0v) is 18.3. The maximum atomic E-state index is 12.3. The van der Waals surface area contributed by atoms with Gasteiger partial charge in [0.25, 0.3) is 0 Å². The second kappa shape index (κ2) is 9.82. The van der Waals surface area contributed by atoms with Crippen molar-refractivity contribution in [2.45, 2.75) is 38.7 Å². The van der Waals surface area contributed by atoms with E-state index in [1.54, 1.807) is 20.9 Å². The molecule has 162 valence electrons. The molecular formula is C21H28N4O4S. The highest BCUT2D eigenvalue weighted by Crippen LogP contribution is 2.32. The molecule has 1 aliphatic heterocycles. The highest BCUT2D eigenvalue weighted by molar-refractivity contribution is 7.88. The Bertz CT molecular complexity index is 1010. The van der Waals surface area contributed by atoms with E-state index in [9.17, 15) is 8.42 Å². The molecule has 9 heteroatoms. The first-order valence-electron chi connectivity index (χ1n) is 9.76. The number of guanidine groups is 1. The van der Waals surface area contributed by atoms with Crippen LogP contribution in [0.2, 0.25) is 0 Å². The maximum absolute atomic E-state index is 12.3. The number of ether oxygens (including phenoxy) is 2. The normalized spacial score (nSPS) is 13.5. The zero-order chi connectivity index (χ0) is 21.6. The van der Waals surface area contributed by atoms with Gasteiger partial charge in [-0.05, 0) is 42.7 Å². The van der Waals surface area contributed by atoms with Gasteiger partial charge in [0.2, 0.25) is 16.8 Å². The molecule has 0 spiro atoms. The van der Waals surface area contributed by atoms with Crippen molar-refractivity contribution in [2.75, 3.05) is 13.8 Å². The van der Waals surface area contributed by atoms with Gasteiger partial charge in [0.05, 0.1) is 5.75 Å². The molecule has 1 aliphatic rings. The van der Waals surface area contributed by atoms with Crippen LogP contribution in [0, 0.1) is 0 Å². The monoisotopic (exact) mass is 432 g/mol. The molecule has 0 saturated carbocycles. The summed E-state index contributed by atoms with van der Waals surface area (Å²) in [7, 11) is -1.71. The largest absolute Gasteiger partial charge is 0.454 e. The number of hydrogen-bond acceptors (Lipinski definition) is 5. The van der Waals surface area contributed by atoms with Gasteiger partial charge in [-0.2, -0.15) is 0 Å². The van der Waals surface area contributed by atoms with Crippen molar-refractivity contribution in [1.82, 2.24) is 15.4 Å². The fraction of sp³-hybridized carbons (Fsp3) is 0.381. The van der Waals surface area contributed by atoms with E-state index in [1.807, 2.05) is 42.5 Å². The molecule has 30 heavy (non-hydrogen) atoms. The van der Waals surface area contributed by atoms with Gasteiger partial charge >= 0.3 is 0 Å². The fourth-order valence-electron chi connectivity index (χ4n) is 3.11. The van der Waals surface area contributed by atoms with E-state index >= 15 is 0 Å². The van der Waals surface area contributed by atoms with Crippen molar-refractivity contribution < 1.29 is 17.9 Å². The Balaban J connectivity index is 1.59. The van der Waals surface area contributed by atoms with E-state index in [4.69, 9.17) is 9.47 Å². The molecule has 3 N–H and O–H groups in total. The quantitative estimate of drug-likeness (QED) is 0.436. The lowest BCUT2D eigenvalue weighted by Crippen LogP contribution is -2.36. The minimum Gasteiger partial charge on any atom is -0.454 e. The summed E-state index contributed by atoms with van der Waals surface area (Å²) in [5, 5.41) is 6.50. The lowest BCUT2D eigenvalue weighted by atomic mass is 10.1. The zero-order valence-electron chi connectivity index (χ0n) is 17.4. The summed E-state index contributed by atoms with van der Waals surface area (Å²) in [6.45, 7) is 4.87. The molecule has 0 amide bonds. The van der Waals surface area contributed by atoms with Gasteiger partial charge in [-0.1, -0.05) is 30.3 Å². The van der Waals surface area contributed by atoms with Crippen molar-refractivity contribution in [3.8, 4) is 11.5 Å². The van der Waals surface area contributed by atoms with Gasteiger partial charge in [0, 0.05) is 26.2 Å². The van der Waals surface area contributed by atoms with Crippen molar-refractivity contribution in [1.29, 1.82) is 0 Å². The summed E-state index contributed by atoms with van der Waals surface area (Å²) in [6, 6.07) is 13.1. The molecule has 0 radical (unpaired) electrons. The molecule has 1 heterocycles. The molecule has 0 saturated heterocycles. The van der Waals surface area contributed by atoms with Crippen LogP contribution in [-0.2, 0) is 28.9 Å². The van der Waals surface area contributed by atoms with Crippen LogP contribution in [0.3, 0.4) is 0 Å². The summed E-state index contributed by atoms with van der Waals surface area (Å²) >= 11 is 0. The first-order chi connectivity index (χ1) is 14.4. The molecule has 3 rings (SSSR count). The average Bonchev–Trinajstić information content (AvgIpc) is 3.15. The van der Waals surface area contributed by atoms with Gasteiger partial charge in [-0.15, -0.1) is 0 Å². The summed E-state index contributed by atoms with van der Waals surface area (Å²) in [4.78, 5) is 4.24. The number of fused-ring (bicyclic) bond motifs is 1. The molecule has 0 atom stereocenters. The van der Waals surface area contributed by atoms with Crippen molar-refractivity contribution >= 4 is 16.0 Å². The summed E-state index contributed by atoms with van der Waals surface area (Å²) in [5.74, 6) is 2.04. The van der Waals surface area contributed by atoms with Crippen molar-refractivity contribution in [2.24, 2.45) is 4.99 Å². The van der Waals surface area contributed by atoms with Crippen LogP contribution in [0.1, 0.15) is 30.5 Å². The van der Waals surface area contributed by atoms with Gasteiger partial charge in [0.1, 0.15) is 0 Å². The minimum absolute atomic E-state index is 0.0632. The molecule has 2 aromatic rings. The SMILES string of the molecule is CN=C(NCc1ccc2c(c1)OCO2)NCc1ccccc1CS(=O)(=O)NC(C)C. The van der Waals surface area contributed by atoms with Crippen molar-refractivity contribution in [3.05, 3.63) is 59.2 Å². The smallest absolute Gasteiger partial charge is 0.231 e. The van der Waals surface area contributed by atoms with Gasteiger partial charge in [-0.25, -0.2) is 13.1 Å². The topological polar surface area (TPSA) is 101 Å². The van der Waals surface area contributed by atoms with Crippen LogP contribution in [0.15, 0.2) is 47.5 Å². The third kappa shape index (κ3) is 6.11. The number of benzene rings is 2. The minimum atomic E-state index is -3.40. The van der Waals surface area contributed by atoms with Crippen LogP contribution in [0.4, 0.5) is 0 Å². The first kappa shape index (κ1) is 21.9. The molecule has 0 bridgehead atoms. The second-order valence-corrected chi connectivity index (χ2v) is 9.02. The van der Waals surface area contributed by atoms with E-state index in [0.717, 1.165) is 28.2 Å². The average molecular weight is 433 g/mol. The third-order valence-corrected chi connectivity index (χ3v) is 5.97. The van der Waals surface area contributed by atoms with E-state index in [1.165, 1.54) is 0 Å². The second-order valence-electron chi connectivity index (χ2n) is 7.27. The predicted octanol–water partition coefficient (Wildman–Crippen LogP) is 2.11.